The average Bonchev–Trinajstić information content (AvgIpc) is 2.97. The van der Waals surface area contributed by atoms with Crippen LogP contribution in [-0.2, 0) is 9.47 Å². The van der Waals surface area contributed by atoms with Gasteiger partial charge < -0.3 is 29.1 Å². The van der Waals surface area contributed by atoms with E-state index in [1.54, 1.807) is 0 Å². The molecule has 206 valence electrons. The predicted molar refractivity (Wildman–Crippen MR) is 151 cm³/mol. The minimum Gasteiger partial charge on any atom is -0.377 e. The van der Waals surface area contributed by atoms with Crippen LogP contribution in [0.3, 0.4) is 0 Å². The molecule has 2 aromatic heterocycles. The van der Waals surface area contributed by atoms with E-state index in [-0.39, 0.29) is 18.0 Å². The van der Waals surface area contributed by atoms with E-state index in [9.17, 15) is 4.79 Å². The van der Waals surface area contributed by atoms with Gasteiger partial charge in [0.05, 0.1) is 49.6 Å². The molecule has 6 rings (SSSR count). The van der Waals surface area contributed by atoms with E-state index in [4.69, 9.17) is 24.4 Å². The monoisotopic (exact) mass is 531 g/mol. The molecule has 10 nitrogen and oxygen atoms in total. The molecule has 2 atom stereocenters. The third kappa shape index (κ3) is 5.28. The van der Waals surface area contributed by atoms with Crippen molar-refractivity contribution in [3.8, 4) is 11.3 Å². The first-order valence-corrected chi connectivity index (χ1v) is 13.9. The standard InChI is InChI=1S/C29H37N7O3/c1-20-18-38-15-13-35(20)27-24-7-8-25(30-26(24)31-29(32-27)36-14-16-39-19-21(36)2)22-5-4-6-23(17-22)28(37)34-11-9-33(3)10-12-34/h4-8,17,20-21H,9-16,18-19H2,1-3H3/t20-,21-/m0/s1. The van der Waals surface area contributed by atoms with Crippen LogP contribution in [0.4, 0.5) is 11.8 Å². The summed E-state index contributed by atoms with van der Waals surface area (Å²) in [4.78, 5) is 37.0. The first-order chi connectivity index (χ1) is 19.0. The normalized spacial score (nSPS) is 22.9. The molecule has 0 radical (unpaired) electrons. The number of anilines is 2. The number of ether oxygens (including phenoxy) is 2. The van der Waals surface area contributed by atoms with Crippen molar-refractivity contribution in [2.75, 3.05) is 82.5 Å². The van der Waals surface area contributed by atoms with Gasteiger partial charge in [0.1, 0.15) is 5.82 Å². The number of benzene rings is 1. The smallest absolute Gasteiger partial charge is 0.253 e. The second-order valence-electron chi connectivity index (χ2n) is 10.8. The van der Waals surface area contributed by atoms with Gasteiger partial charge in [-0.25, -0.2) is 4.98 Å². The maximum absolute atomic E-state index is 13.2. The molecule has 0 N–H and O–H groups in total. The Bertz CT molecular complexity index is 1340. The van der Waals surface area contributed by atoms with Gasteiger partial charge >= 0.3 is 0 Å². The maximum atomic E-state index is 13.2. The van der Waals surface area contributed by atoms with Gasteiger partial charge in [0.2, 0.25) is 5.95 Å². The van der Waals surface area contributed by atoms with Crippen LogP contribution in [0.15, 0.2) is 36.4 Å². The van der Waals surface area contributed by atoms with Gasteiger partial charge in [-0.15, -0.1) is 0 Å². The number of amides is 1. The number of hydrogen-bond acceptors (Lipinski definition) is 9. The molecule has 3 aromatic rings. The minimum absolute atomic E-state index is 0.0697. The van der Waals surface area contributed by atoms with Gasteiger partial charge in [0, 0.05) is 50.4 Å². The van der Waals surface area contributed by atoms with Gasteiger partial charge in [-0.05, 0) is 45.2 Å². The summed E-state index contributed by atoms with van der Waals surface area (Å²) in [6, 6.07) is 12.2. The molecule has 0 unspecified atom stereocenters. The molecule has 39 heavy (non-hydrogen) atoms. The highest BCUT2D eigenvalue weighted by Gasteiger charge is 2.28. The zero-order valence-electron chi connectivity index (χ0n) is 23.0. The number of morpholine rings is 2. The quantitative estimate of drug-likeness (QED) is 0.504. The molecule has 0 saturated carbocycles. The lowest BCUT2D eigenvalue weighted by atomic mass is 10.1. The predicted octanol–water partition coefficient (Wildman–Crippen LogP) is 2.53. The van der Waals surface area contributed by atoms with Crippen molar-refractivity contribution in [2.24, 2.45) is 0 Å². The summed E-state index contributed by atoms with van der Waals surface area (Å²) in [7, 11) is 2.09. The number of likely N-dealkylation sites (N-methyl/N-ethyl adjacent to an activating group) is 1. The fraction of sp³-hybridized carbons (Fsp3) is 0.517. The Morgan fingerprint density at radius 3 is 2.28 bits per heavy atom. The van der Waals surface area contributed by atoms with Gasteiger partial charge in [-0.1, -0.05) is 12.1 Å². The Balaban J connectivity index is 1.38. The Morgan fingerprint density at radius 2 is 1.56 bits per heavy atom. The fourth-order valence-electron chi connectivity index (χ4n) is 5.56. The SMILES string of the molecule is C[C@H]1COCCN1c1nc(N2CCOC[C@@H]2C)c2ccc(-c3cccc(C(=O)N4CCN(C)CC4)c3)nc2n1. The molecular formula is C29H37N7O3. The third-order valence-corrected chi connectivity index (χ3v) is 7.99. The highest BCUT2D eigenvalue weighted by Crippen LogP contribution is 2.31. The molecule has 0 aliphatic carbocycles. The van der Waals surface area contributed by atoms with Crippen LogP contribution in [0.1, 0.15) is 24.2 Å². The van der Waals surface area contributed by atoms with E-state index >= 15 is 0 Å². The van der Waals surface area contributed by atoms with Crippen molar-refractivity contribution >= 4 is 28.7 Å². The van der Waals surface area contributed by atoms with E-state index in [0.29, 0.717) is 43.6 Å². The molecule has 5 heterocycles. The molecule has 0 spiro atoms. The van der Waals surface area contributed by atoms with Crippen molar-refractivity contribution in [3.63, 3.8) is 0 Å². The van der Waals surface area contributed by atoms with Gasteiger partial charge in [-0.3, -0.25) is 4.79 Å². The Morgan fingerprint density at radius 1 is 0.846 bits per heavy atom. The largest absolute Gasteiger partial charge is 0.377 e. The van der Waals surface area contributed by atoms with E-state index in [2.05, 4.69) is 41.7 Å². The first-order valence-electron chi connectivity index (χ1n) is 13.9. The first kappa shape index (κ1) is 25.9. The molecule has 10 heteroatoms. The number of carbonyl (C=O) groups is 1. The molecule has 3 aliphatic rings. The lowest BCUT2D eigenvalue weighted by Crippen LogP contribution is -2.47. The second-order valence-corrected chi connectivity index (χ2v) is 10.8. The summed E-state index contributed by atoms with van der Waals surface area (Å²) in [5.74, 6) is 1.64. The Labute approximate surface area is 229 Å². The summed E-state index contributed by atoms with van der Waals surface area (Å²) < 4.78 is 11.4. The minimum atomic E-state index is 0.0697. The van der Waals surface area contributed by atoms with Crippen molar-refractivity contribution in [1.82, 2.24) is 24.8 Å². The topological polar surface area (TPSA) is 87.2 Å². The summed E-state index contributed by atoms with van der Waals surface area (Å²) in [5, 5.41) is 0.918. The Hall–Kier alpha value is -3.34. The molecule has 3 aliphatic heterocycles. The van der Waals surface area contributed by atoms with Crippen LogP contribution in [0.25, 0.3) is 22.3 Å². The third-order valence-electron chi connectivity index (χ3n) is 7.99. The number of rotatable bonds is 4. The highest BCUT2D eigenvalue weighted by molar-refractivity contribution is 5.96. The second kappa shape index (κ2) is 11.0. The van der Waals surface area contributed by atoms with Gasteiger partial charge in [0.15, 0.2) is 5.65 Å². The highest BCUT2D eigenvalue weighted by atomic mass is 16.5. The summed E-state index contributed by atoms with van der Waals surface area (Å²) in [6.45, 7) is 11.7. The lowest BCUT2D eigenvalue weighted by Gasteiger charge is -2.37. The number of hydrogen-bond donors (Lipinski definition) is 0. The molecular weight excluding hydrogens is 494 g/mol. The number of nitrogens with zero attached hydrogens (tertiary/aromatic N) is 7. The van der Waals surface area contributed by atoms with Crippen LogP contribution >= 0.6 is 0 Å². The van der Waals surface area contributed by atoms with Crippen LogP contribution in [0.5, 0.6) is 0 Å². The zero-order valence-corrected chi connectivity index (χ0v) is 23.0. The number of carbonyl (C=O) groups excluding carboxylic acids is 1. The van der Waals surface area contributed by atoms with Crippen molar-refractivity contribution in [2.45, 2.75) is 25.9 Å². The van der Waals surface area contributed by atoms with Gasteiger partial charge in [0.25, 0.3) is 5.91 Å². The van der Waals surface area contributed by atoms with Crippen LogP contribution in [0, 0.1) is 0 Å². The zero-order chi connectivity index (χ0) is 26.9. The number of piperazine rings is 1. The van der Waals surface area contributed by atoms with Gasteiger partial charge in [-0.2, -0.15) is 9.97 Å². The van der Waals surface area contributed by atoms with E-state index < -0.39 is 0 Å². The summed E-state index contributed by atoms with van der Waals surface area (Å²) >= 11 is 0. The van der Waals surface area contributed by atoms with Crippen LogP contribution < -0.4 is 9.80 Å². The number of aromatic nitrogens is 3. The molecule has 3 saturated heterocycles. The molecule has 1 aromatic carbocycles. The Kier molecular flexibility index (Phi) is 7.33. The average molecular weight is 532 g/mol. The van der Waals surface area contributed by atoms with E-state index in [0.717, 1.165) is 61.7 Å². The molecule has 0 bridgehead atoms. The fourth-order valence-corrected chi connectivity index (χ4v) is 5.56. The number of pyridine rings is 1. The van der Waals surface area contributed by atoms with E-state index in [1.165, 1.54) is 0 Å². The van der Waals surface area contributed by atoms with E-state index in [1.807, 2.05) is 35.2 Å². The van der Waals surface area contributed by atoms with Crippen molar-refractivity contribution < 1.29 is 14.3 Å². The summed E-state index contributed by atoms with van der Waals surface area (Å²) in [5.41, 5.74) is 3.03. The summed E-state index contributed by atoms with van der Waals surface area (Å²) in [6.07, 6.45) is 0. The lowest BCUT2D eigenvalue weighted by molar-refractivity contribution is 0.0664. The van der Waals surface area contributed by atoms with Crippen LogP contribution in [0.2, 0.25) is 0 Å². The van der Waals surface area contributed by atoms with Crippen molar-refractivity contribution in [1.29, 1.82) is 0 Å². The molecule has 3 fully saturated rings. The van der Waals surface area contributed by atoms with Crippen LogP contribution in [-0.4, -0.2) is 115 Å². The van der Waals surface area contributed by atoms with Crippen molar-refractivity contribution in [3.05, 3.63) is 42.0 Å². The maximum Gasteiger partial charge on any atom is 0.253 e. The molecule has 1 amide bonds. The number of fused-ring (bicyclic) bond motifs is 1.